The van der Waals surface area contributed by atoms with E-state index in [1.165, 1.54) is 0 Å². The SMILES string of the molecule is Cc1ccc(Cl)cc1C(CCCNC(=O)O)CCN(C)C(=O)NCC(C[C@H]1CCCOC1)NO. The van der Waals surface area contributed by atoms with Gasteiger partial charge < -0.3 is 30.6 Å². The molecule has 0 spiro atoms. The third-order valence-corrected chi connectivity index (χ3v) is 6.64. The first-order chi connectivity index (χ1) is 16.3. The van der Waals surface area contributed by atoms with Crippen LogP contribution in [0.4, 0.5) is 9.59 Å². The highest BCUT2D eigenvalue weighted by atomic mass is 35.5. The highest BCUT2D eigenvalue weighted by Crippen LogP contribution is 2.30. The summed E-state index contributed by atoms with van der Waals surface area (Å²) in [6, 6.07) is 5.37. The van der Waals surface area contributed by atoms with E-state index in [2.05, 4.69) is 16.1 Å². The summed E-state index contributed by atoms with van der Waals surface area (Å²) in [5, 5.41) is 24.3. The summed E-state index contributed by atoms with van der Waals surface area (Å²) in [6.07, 6.45) is 3.99. The lowest BCUT2D eigenvalue weighted by atomic mass is 9.88. The van der Waals surface area contributed by atoms with Crippen LogP contribution in [0.25, 0.3) is 0 Å². The number of carbonyl (C=O) groups is 2. The molecule has 1 heterocycles. The minimum absolute atomic E-state index is 0.141. The Morgan fingerprint density at radius 2 is 2.09 bits per heavy atom. The van der Waals surface area contributed by atoms with Crippen molar-refractivity contribution in [2.75, 3.05) is 39.9 Å². The maximum Gasteiger partial charge on any atom is 0.404 e. The number of aryl methyl sites for hydroxylation is 1. The van der Waals surface area contributed by atoms with Crippen molar-refractivity contribution in [2.45, 2.75) is 57.4 Å². The van der Waals surface area contributed by atoms with Crippen molar-refractivity contribution in [1.29, 1.82) is 0 Å². The fourth-order valence-electron chi connectivity index (χ4n) is 4.42. The molecule has 1 aliphatic rings. The van der Waals surface area contributed by atoms with Crippen LogP contribution in [0.1, 0.15) is 55.6 Å². The topological polar surface area (TPSA) is 123 Å². The summed E-state index contributed by atoms with van der Waals surface area (Å²) in [5.74, 6) is 0.521. The number of rotatable bonds is 13. The molecule has 0 aromatic heterocycles. The summed E-state index contributed by atoms with van der Waals surface area (Å²) in [6.45, 7) is 4.75. The number of nitrogens with zero attached hydrogens (tertiary/aromatic N) is 1. The van der Waals surface area contributed by atoms with Crippen LogP contribution in [0.2, 0.25) is 5.02 Å². The standard InChI is InChI=1S/C24H39ClN4O5/c1-17-7-8-20(25)14-22(17)19(6-3-10-26-24(31)32)9-11-29(2)23(30)27-15-21(28-33)13-18-5-4-12-34-16-18/h7-8,14,18-19,21,26,28,33H,3-6,9-13,15-16H2,1-2H3,(H,27,30)(H,31,32)/t18-,19?,21?/m1/s1. The number of amides is 3. The molecule has 1 saturated heterocycles. The molecular weight excluding hydrogens is 460 g/mol. The maximum absolute atomic E-state index is 12.6. The monoisotopic (exact) mass is 498 g/mol. The van der Waals surface area contributed by atoms with Crippen molar-refractivity contribution in [2.24, 2.45) is 5.92 Å². The Labute approximate surface area is 207 Å². The van der Waals surface area contributed by atoms with E-state index in [4.69, 9.17) is 21.4 Å². The van der Waals surface area contributed by atoms with Gasteiger partial charge >= 0.3 is 12.1 Å². The summed E-state index contributed by atoms with van der Waals surface area (Å²) >= 11 is 6.23. The third kappa shape index (κ3) is 10.0. The van der Waals surface area contributed by atoms with Gasteiger partial charge in [-0.15, -0.1) is 0 Å². The second kappa shape index (κ2) is 15.0. The highest BCUT2D eigenvalue weighted by molar-refractivity contribution is 6.30. The molecule has 1 aromatic carbocycles. The average Bonchev–Trinajstić information content (AvgIpc) is 2.83. The van der Waals surface area contributed by atoms with Crippen molar-refractivity contribution >= 4 is 23.7 Å². The molecule has 9 nitrogen and oxygen atoms in total. The second-order valence-electron chi connectivity index (χ2n) is 9.11. The Bertz CT molecular complexity index is 776. The summed E-state index contributed by atoms with van der Waals surface area (Å²) in [4.78, 5) is 25.0. The number of halogens is 1. The van der Waals surface area contributed by atoms with E-state index in [1.54, 1.807) is 11.9 Å². The van der Waals surface area contributed by atoms with Crippen molar-refractivity contribution in [3.05, 3.63) is 34.3 Å². The van der Waals surface area contributed by atoms with Crippen molar-refractivity contribution in [3.8, 4) is 0 Å². The van der Waals surface area contributed by atoms with Crippen molar-refractivity contribution in [1.82, 2.24) is 21.0 Å². The quantitative estimate of drug-likeness (QED) is 0.207. The first-order valence-corrected chi connectivity index (χ1v) is 12.4. The normalized spacial score (nSPS) is 17.6. The van der Waals surface area contributed by atoms with Crippen LogP contribution in [0.5, 0.6) is 0 Å². The zero-order chi connectivity index (χ0) is 24.9. The molecule has 0 saturated carbocycles. The summed E-state index contributed by atoms with van der Waals surface area (Å²) < 4.78 is 5.50. The van der Waals surface area contributed by atoms with E-state index in [0.29, 0.717) is 43.6 Å². The molecule has 1 aliphatic heterocycles. The Kier molecular flexibility index (Phi) is 12.5. The number of hydrogen-bond acceptors (Lipinski definition) is 5. The largest absolute Gasteiger partial charge is 0.465 e. The number of carbonyl (C=O) groups excluding carboxylic acids is 1. The van der Waals surface area contributed by atoms with Gasteiger partial charge in [0.15, 0.2) is 0 Å². The maximum atomic E-state index is 12.6. The van der Waals surface area contributed by atoms with Gasteiger partial charge in [0.2, 0.25) is 0 Å². The minimum atomic E-state index is -1.03. The number of carboxylic acid groups (broad SMARTS) is 1. The smallest absolute Gasteiger partial charge is 0.404 e. The molecule has 0 bridgehead atoms. The molecule has 192 valence electrons. The van der Waals surface area contributed by atoms with E-state index in [-0.39, 0.29) is 18.0 Å². The highest BCUT2D eigenvalue weighted by Gasteiger charge is 2.21. The number of ether oxygens (including phenoxy) is 1. The Morgan fingerprint density at radius 1 is 1.29 bits per heavy atom. The van der Waals surface area contributed by atoms with Crippen molar-refractivity contribution in [3.63, 3.8) is 0 Å². The molecule has 1 fully saturated rings. The zero-order valence-electron chi connectivity index (χ0n) is 20.2. The molecule has 34 heavy (non-hydrogen) atoms. The number of hydroxylamine groups is 1. The molecule has 3 amide bonds. The fraction of sp³-hybridized carbons (Fsp3) is 0.667. The van der Waals surface area contributed by atoms with E-state index >= 15 is 0 Å². The van der Waals surface area contributed by atoms with Gasteiger partial charge in [0.05, 0.1) is 0 Å². The molecule has 0 radical (unpaired) electrons. The fourth-order valence-corrected chi connectivity index (χ4v) is 4.60. The molecule has 5 N–H and O–H groups in total. The van der Waals surface area contributed by atoms with Crippen LogP contribution in [-0.4, -0.2) is 73.3 Å². The van der Waals surface area contributed by atoms with Gasteiger partial charge in [-0.3, -0.25) is 0 Å². The van der Waals surface area contributed by atoms with E-state index in [9.17, 15) is 14.8 Å². The van der Waals surface area contributed by atoms with Gasteiger partial charge in [-0.25, -0.2) is 15.1 Å². The number of benzene rings is 1. The molecule has 10 heteroatoms. The molecule has 2 rings (SSSR count). The van der Waals surface area contributed by atoms with Gasteiger partial charge in [-0.1, -0.05) is 17.7 Å². The predicted molar refractivity (Wildman–Crippen MR) is 132 cm³/mol. The van der Waals surface area contributed by atoms with E-state index in [1.807, 2.05) is 25.1 Å². The summed E-state index contributed by atoms with van der Waals surface area (Å²) in [7, 11) is 1.75. The lowest BCUT2D eigenvalue weighted by Gasteiger charge is -2.27. The van der Waals surface area contributed by atoms with Crippen LogP contribution in [0, 0.1) is 12.8 Å². The van der Waals surface area contributed by atoms with Gasteiger partial charge in [0, 0.05) is 51.0 Å². The molecular formula is C24H39ClN4O5. The van der Waals surface area contributed by atoms with Crippen molar-refractivity contribution < 1.29 is 24.6 Å². The number of urea groups is 1. The third-order valence-electron chi connectivity index (χ3n) is 6.40. The van der Waals surface area contributed by atoms with Gasteiger partial charge in [0.25, 0.3) is 0 Å². The molecule has 2 unspecified atom stereocenters. The lowest BCUT2D eigenvalue weighted by molar-refractivity contribution is 0.0352. The van der Waals surface area contributed by atoms with Crippen LogP contribution >= 0.6 is 11.6 Å². The van der Waals surface area contributed by atoms with Gasteiger partial charge in [-0.2, -0.15) is 0 Å². The Morgan fingerprint density at radius 3 is 2.76 bits per heavy atom. The first kappa shape index (κ1) is 28.2. The van der Waals surface area contributed by atoms with Crippen LogP contribution < -0.4 is 16.1 Å². The minimum Gasteiger partial charge on any atom is -0.465 e. The Hall–Kier alpha value is -2.07. The van der Waals surface area contributed by atoms with Crippen LogP contribution in [0.15, 0.2) is 18.2 Å². The van der Waals surface area contributed by atoms with Gasteiger partial charge in [0.1, 0.15) is 0 Å². The first-order valence-electron chi connectivity index (χ1n) is 12.0. The number of hydrogen-bond donors (Lipinski definition) is 5. The van der Waals surface area contributed by atoms with Crippen LogP contribution in [0.3, 0.4) is 0 Å². The van der Waals surface area contributed by atoms with E-state index < -0.39 is 6.09 Å². The summed E-state index contributed by atoms with van der Waals surface area (Å²) in [5.41, 5.74) is 4.56. The molecule has 1 aromatic rings. The number of nitrogens with one attached hydrogen (secondary N) is 3. The second-order valence-corrected chi connectivity index (χ2v) is 9.55. The molecule has 0 aliphatic carbocycles. The molecule has 3 atom stereocenters. The lowest BCUT2D eigenvalue weighted by Crippen LogP contribution is -2.45. The zero-order valence-corrected chi connectivity index (χ0v) is 20.9. The average molecular weight is 499 g/mol. The van der Waals surface area contributed by atoms with Crippen LogP contribution in [-0.2, 0) is 4.74 Å². The van der Waals surface area contributed by atoms with Gasteiger partial charge in [-0.05, 0) is 80.5 Å². The van der Waals surface area contributed by atoms with E-state index in [0.717, 1.165) is 49.8 Å². The Balaban J connectivity index is 1.87. The predicted octanol–water partition coefficient (Wildman–Crippen LogP) is 3.98.